The van der Waals surface area contributed by atoms with Crippen LogP contribution in [0.15, 0.2) is 29.3 Å². The van der Waals surface area contributed by atoms with Crippen molar-refractivity contribution in [2.75, 3.05) is 45.8 Å². The second-order valence-corrected chi connectivity index (χ2v) is 7.22. The molecule has 29 heavy (non-hydrogen) atoms. The van der Waals surface area contributed by atoms with Gasteiger partial charge in [0.05, 0.1) is 13.1 Å². The summed E-state index contributed by atoms with van der Waals surface area (Å²) < 4.78 is 13.8. The van der Waals surface area contributed by atoms with Crippen LogP contribution in [-0.4, -0.2) is 78.6 Å². The molecule has 1 aromatic rings. The van der Waals surface area contributed by atoms with Gasteiger partial charge in [-0.05, 0) is 26.8 Å². The lowest BCUT2D eigenvalue weighted by atomic mass is 10.1. The first-order valence-electron chi connectivity index (χ1n) is 9.88. The van der Waals surface area contributed by atoms with Gasteiger partial charge in [0.25, 0.3) is 0 Å². The van der Waals surface area contributed by atoms with Crippen molar-refractivity contribution in [3.63, 3.8) is 0 Å². The van der Waals surface area contributed by atoms with E-state index in [1.54, 1.807) is 18.2 Å². The van der Waals surface area contributed by atoms with Crippen LogP contribution >= 0.6 is 24.0 Å². The topological polar surface area (TPSA) is 80.2 Å². The number of rotatable bonds is 7. The quantitative estimate of drug-likeness (QED) is 0.289. The molecule has 0 aliphatic carbocycles. The summed E-state index contributed by atoms with van der Waals surface area (Å²) in [5.41, 5.74) is 0.253. The standard InChI is InChI=1S/C20H32FN5O2.HI/c1-4-22-20(23-13-18(27)16-7-5-6-8-17(16)21)26-11-9-25(10-12-26)14-19(28)24-15(2)3;/h5-8,15,18,27H,4,9-14H2,1-3H3,(H,22,23)(H,24,28);1H. The van der Waals surface area contributed by atoms with Crippen LogP contribution in [0.1, 0.15) is 32.4 Å². The zero-order valence-corrected chi connectivity index (χ0v) is 19.7. The summed E-state index contributed by atoms with van der Waals surface area (Å²) in [5, 5.41) is 16.4. The first kappa shape index (κ1) is 25.6. The minimum atomic E-state index is -0.990. The normalized spacial score (nSPS) is 16.3. The van der Waals surface area contributed by atoms with Crippen LogP contribution in [-0.2, 0) is 4.79 Å². The Morgan fingerprint density at radius 3 is 2.48 bits per heavy atom. The molecule has 2 rings (SSSR count). The monoisotopic (exact) mass is 521 g/mol. The van der Waals surface area contributed by atoms with Gasteiger partial charge in [-0.15, -0.1) is 24.0 Å². The molecule has 0 saturated carbocycles. The minimum absolute atomic E-state index is 0. The highest BCUT2D eigenvalue weighted by Crippen LogP contribution is 2.17. The number of aliphatic hydroxyl groups excluding tert-OH is 1. The van der Waals surface area contributed by atoms with Crippen LogP contribution in [0.5, 0.6) is 0 Å². The fourth-order valence-corrected chi connectivity index (χ4v) is 3.13. The maximum atomic E-state index is 13.8. The molecule has 1 fully saturated rings. The third-order valence-corrected chi connectivity index (χ3v) is 4.50. The number of carbonyl (C=O) groups is 1. The molecule has 1 unspecified atom stereocenters. The van der Waals surface area contributed by atoms with Gasteiger partial charge in [-0.1, -0.05) is 18.2 Å². The molecule has 0 bridgehead atoms. The predicted molar refractivity (Wildman–Crippen MR) is 124 cm³/mol. The van der Waals surface area contributed by atoms with Gasteiger partial charge < -0.3 is 20.6 Å². The number of nitrogens with zero attached hydrogens (tertiary/aromatic N) is 3. The Hall–Kier alpha value is -1.46. The fourth-order valence-electron chi connectivity index (χ4n) is 3.13. The Morgan fingerprint density at radius 1 is 1.24 bits per heavy atom. The van der Waals surface area contributed by atoms with Crippen LogP contribution in [0.2, 0.25) is 0 Å². The molecule has 0 radical (unpaired) electrons. The molecule has 1 saturated heterocycles. The van der Waals surface area contributed by atoms with E-state index >= 15 is 0 Å². The van der Waals surface area contributed by atoms with Gasteiger partial charge in [0.1, 0.15) is 11.9 Å². The molecular formula is C20H33FIN5O2. The molecule has 1 heterocycles. The van der Waals surface area contributed by atoms with Gasteiger partial charge in [0.15, 0.2) is 5.96 Å². The molecule has 1 aliphatic heterocycles. The molecule has 1 aromatic carbocycles. The number of aliphatic hydroxyl groups is 1. The second-order valence-electron chi connectivity index (χ2n) is 7.22. The average molecular weight is 521 g/mol. The SMILES string of the molecule is CCNC(=NCC(O)c1ccccc1F)N1CCN(CC(=O)NC(C)C)CC1.I. The molecule has 1 aliphatic rings. The van der Waals surface area contributed by atoms with Crippen LogP contribution < -0.4 is 10.6 Å². The van der Waals surface area contributed by atoms with Crippen molar-refractivity contribution in [2.45, 2.75) is 32.9 Å². The number of benzene rings is 1. The highest BCUT2D eigenvalue weighted by molar-refractivity contribution is 14.0. The number of aliphatic imine (C=N–C) groups is 1. The summed E-state index contributed by atoms with van der Waals surface area (Å²) in [6.07, 6.45) is -0.990. The zero-order valence-electron chi connectivity index (χ0n) is 17.4. The first-order chi connectivity index (χ1) is 13.4. The van der Waals surface area contributed by atoms with Gasteiger partial charge in [0, 0.05) is 44.3 Å². The molecule has 7 nitrogen and oxygen atoms in total. The molecule has 1 amide bonds. The van der Waals surface area contributed by atoms with Crippen molar-refractivity contribution in [1.82, 2.24) is 20.4 Å². The number of carbonyl (C=O) groups excluding carboxylic acids is 1. The van der Waals surface area contributed by atoms with E-state index in [0.717, 1.165) is 26.2 Å². The lowest BCUT2D eigenvalue weighted by Crippen LogP contribution is -2.54. The van der Waals surface area contributed by atoms with Gasteiger partial charge in [-0.25, -0.2) is 4.39 Å². The molecule has 3 N–H and O–H groups in total. The Bertz CT molecular complexity index is 666. The number of guanidine groups is 1. The number of hydrogen-bond donors (Lipinski definition) is 3. The third kappa shape index (κ3) is 8.43. The van der Waals surface area contributed by atoms with E-state index in [-0.39, 0.29) is 48.0 Å². The van der Waals surface area contributed by atoms with Gasteiger partial charge in [-0.3, -0.25) is 14.7 Å². The second kappa shape index (κ2) is 13.0. The van der Waals surface area contributed by atoms with E-state index in [4.69, 9.17) is 0 Å². The number of halogens is 2. The number of amides is 1. The lowest BCUT2D eigenvalue weighted by Gasteiger charge is -2.36. The van der Waals surface area contributed by atoms with Crippen LogP contribution in [0.3, 0.4) is 0 Å². The highest BCUT2D eigenvalue weighted by atomic mass is 127. The Balaban J connectivity index is 0.00000420. The highest BCUT2D eigenvalue weighted by Gasteiger charge is 2.22. The number of nitrogens with one attached hydrogen (secondary N) is 2. The molecule has 164 valence electrons. The van der Waals surface area contributed by atoms with E-state index in [1.165, 1.54) is 6.07 Å². The van der Waals surface area contributed by atoms with Gasteiger partial charge in [0.2, 0.25) is 5.91 Å². The van der Waals surface area contributed by atoms with E-state index in [0.29, 0.717) is 19.0 Å². The number of piperazine rings is 1. The summed E-state index contributed by atoms with van der Waals surface area (Å²) in [7, 11) is 0. The first-order valence-corrected chi connectivity index (χ1v) is 9.88. The minimum Gasteiger partial charge on any atom is -0.386 e. The van der Waals surface area contributed by atoms with Crippen LogP contribution in [0.4, 0.5) is 4.39 Å². The zero-order chi connectivity index (χ0) is 20.5. The van der Waals surface area contributed by atoms with Crippen molar-refractivity contribution in [1.29, 1.82) is 0 Å². The Kier molecular flexibility index (Phi) is 11.4. The van der Waals surface area contributed by atoms with Gasteiger partial charge in [-0.2, -0.15) is 0 Å². The van der Waals surface area contributed by atoms with E-state index in [2.05, 4.69) is 25.4 Å². The number of hydrogen-bond acceptors (Lipinski definition) is 4. The maximum absolute atomic E-state index is 13.8. The summed E-state index contributed by atoms with van der Waals surface area (Å²) in [6.45, 7) is 10.0. The van der Waals surface area contributed by atoms with Crippen molar-refractivity contribution < 1.29 is 14.3 Å². The molecule has 1 atom stereocenters. The van der Waals surface area contributed by atoms with Crippen molar-refractivity contribution in [3.8, 4) is 0 Å². The van der Waals surface area contributed by atoms with E-state index in [1.807, 2.05) is 20.8 Å². The Morgan fingerprint density at radius 2 is 1.90 bits per heavy atom. The van der Waals surface area contributed by atoms with E-state index < -0.39 is 11.9 Å². The molecular weight excluding hydrogens is 488 g/mol. The molecule has 0 spiro atoms. The third-order valence-electron chi connectivity index (χ3n) is 4.50. The van der Waals surface area contributed by atoms with E-state index in [9.17, 15) is 14.3 Å². The molecule has 9 heteroatoms. The smallest absolute Gasteiger partial charge is 0.234 e. The maximum Gasteiger partial charge on any atom is 0.234 e. The van der Waals surface area contributed by atoms with Crippen molar-refractivity contribution in [3.05, 3.63) is 35.6 Å². The van der Waals surface area contributed by atoms with Crippen LogP contribution in [0.25, 0.3) is 0 Å². The largest absolute Gasteiger partial charge is 0.386 e. The average Bonchev–Trinajstić information content (AvgIpc) is 2.65. The van der Waals surface area contributed by atoms with Crippen LogP contribution in [0, 0.1) is 5.82 Å². The predicted octanol–water partition coefficient (Wildman–Crippen LogP) is 1.58. The van der Waals surface area contributed by atoms with Gasteiger partial charge >= 0.3 is 0 Å². The summed E-state index contributed by atoms with van der Waals surface area (Å²) in [6, 6.07) is 6.35. The molecule has 0 aromatic heterocycles. The fraction of sp³-hybridized carbons (Fsp3) is 0.600. The summed E-state index contributed by atoms with van der Waals surface area (Å²) in [5.74, 6) is 0.310. The lowest BCUT2D eigenvalue weighted by molar-refractivity contribution is -0.123. The Labute approximate surface area is 189 Å². The summed E-state index contributed by atoms with van der Waals surface area (Å²) in [4.78, 5) is 20.6. The van der Waals surface area contributed by atoms with Crippen molar-refractivity contribution in [2.24, 2.45) is 4.99 Å². The summed E-state index contributed by atoms with van der Waals surface area (Å²) >= 11 is 0. The van der Waals surface area contributed by atoms with Crippen molar-refractivity contribution >= 4 is 35.8 Å².